The Bertz CT molecular complexity index is 181. The van der Waals surface area contributed by atoms with Crippen LogP contribution in [0.25, 0.3) is 0 Å². The van der Waals surface area contributed by atoms with Gasteiger partial charge in [0.2, 0.25) is 0 Å². The normalized spacial score (nSPS) is 20.2. The highest BCUT2D eigenvalue weighted by Crippen LogP contribution is 2.27. The molecule has 96 valence electrons. The van der Waals surface area contributed by atoms with E-state index in [-0.39, 0.29) is 0 Å². The smallest absolute Gasteiger partial charge is 0.0620 e. The number of hydrogen-bond donors (Lipinski definition) is 1. The first-order valence-corrected chi connectivity index (χ1v) is 6.56. The molecular formula is C13H27NO2. The minimum atomic E-state index is -0.503. The number of piperidine rings is 1. The molecule has 0 aliphatic carbocycles. The molecule has 16 heavy (non-hydrogen) atoms. The maximum Gasteiger partial charge on any atom is 0.0620 e. The van der Waals surface area contributed by atoms with Crippen molar-refractivity contribution in [2.75, 3.05) is 32.8 Å². The predicted octanol–water partition coefficient (Wildman–Crippen LogP) is 1.90. The zero-order valence-electron chi connectivity index (χ0n) is 11.0. The molecule has 1 aliphatic heterocycles. The van der Waals surface area contributed by atoms with E-state index in [1.807, 2.05) is 20.8 Å². The van der Waals surface area contributed by atoms with Gasteiger partial charge in [-0.2, -0.15) is 0 Å². The molecule has 0 unspecified atom stereocenters. The van der Waals surface area contributed by atoms with E-state index in [1.54, 1.807) is 0 Å². The summed E-state index contributed by atoms with van der Waals surface area (Å²) < 4.78 is 5.33. The number of aliphatic hydroxyl groups is 1. The molecule has 1 heterocycles. The van der Waals surface area contributed by atoms with Crippen LogP contribution in [0.15, 0.2) is 0 Å². The maximum absolute atomic E-state index is 9.94. The first-order valence-electron chi connectivity index (χ1n) is 6.56. The van der Waals surface area contributed by atoms with Crippen molar-refractivity contribution < 1.29 is 9.84 Å². The number of ether oxygens (including phenoxy) is 1. The summed E-state index contributed by atoms with van der Waals surface area (Å²) in [4.78, 5) is 2.49. The summed E-state index contributed by atoms with van der Waals surface area (Å²) in [5, 5.41) is 9.94. The molecule has 0 saturated carbocycles. The monoisotopic (exact) mass is 229 g/mol. The van der Waals surface area contributed by atoms with Crippen molar-refractivity contribution >= 4 is 0 Å². The van der Waals surface area contributed by atoms with Crippen molar-refractivity contribution in [2.24, 2.45) is 5.92 Å². The van der Waals surface area contributed by atoms with E-state index in [0.29, 0.717) is 5.92 Å². The van der Waals surface area contributed by atoms with Gasteiger partial charge in [0.05, 0.1) is 5.60 Å². The summed E-state index contributed by atoms with van der Waals surface area (Å²) in [6.45, 7) is 11.0. The molecule has 0 aromatic carbocycles. The lowest BCUT2D eigenvalue weighted by Gasteiger charge is -2.37. The Hall–Kier alpha value is -0.120. The zero-order chi connectivity index (χ0) is 12.0. The second-order valence-electron chi connectivity index (χ2n) is 5.32. The third kappa shape index (κ3) is 4.81. The minimum Gasteiger partial charge on any atom is -0.390 e. The lowest BCUT2D eigenvalue weighted by molar-refractivity contribution is -0.0135. The van der Waals surface area contributed by atoms with Crippen LogP contribution in [0.1, 0.15) is 40.0 Å². The Kier molecular flexibility index (Phi) is 5.73. The molecule has 0 radical (unpaired) electrons. The van der Waals surface area contributed by atoms with E-state index in [1.165, 1.54) is 0 Å². The van der Waals surface area contributed by atoms with Gasteiger partial charge >= 0.3 is 0 Å². The van der Waals surface area contributed by atoms with Gasteiger partial charge in [-0.05, 0) is 59.0 Å². The Labute approximate surface area is 99.8 Å². The second-order valence-corrected chi connectivity index (χ2v) is 5.32. The molecule has 1 rings (SSSR count). The van der Waals surface area contributed by atoms with E-state index in [0.717, 1.165) is 52.1 Å². The van der Waals surface area contributed by atoms with E-state index >= 15 is 0 Å². The van der Waals surface area contributed by atoms with Gasteiger partial charge in [-0.25, -0.2) is 0 Å². The van der Waals surface area contributed by atoms with Gasteiger partial charge in [-0.1, -0.05) is 0 Å². The van der Waals surface area contributed by atoms with Gasteiger partial charge in [-0.3, -0.25) is 0 Å². The van der Waals surface area contributed by atoms with Gasteiger partial charge in [0.1, 0.15) is 0 Å². The number of likely N-dealkylation sites (tertiary alicyclic amines) is 1. The van der Waals surface area contributed by atoms with Crippen LogP contribution in [0, 0.1) is 5.92 Å². The molecule has 0 spiro atoms. The minimum absolute atomic E-state index is 0.468. The van der Waals surface area contributed by atoms with Crippen LogP contribution in [0.4, 0.5) is 0 Å². The first kappa shape index (κ1) is 13.9. The predicted molar refractivity (Wildman–Crippen MR) is 66.6 cm³/mol. The highest BCUT2D eigenvalue weighted by molar-refractivity contribution is 4.82. The molecule has 1 fully saturated rings. The van der Waals surface area contributed by atoms with Gasteiger partial charge in [0, 0.05) is 19.8 Å². The fourth-order valence-corrected chi connectivity index (χ4v) is 2.40. The maximum atomic E-state index is 9.94. The van der Waals surface area contributed by atoms with Crippen LogP contribution >= 0.6 is 0 Å². The molecule has 1 N–H and O–H groups in total. The van der Waals surface area contributed by atoms with Crippen molar-refractivity contribution in [1.82, 2.24) is 4.90 Å². The SMILES string of the molecule is CCOCCCN1CCC(C(C)(C)O)CC1. The molecular weight excluding hydrogens is 202 g/mol. The van der Waals surface area contributed by atoms with E-state index in [9.17, 15) is 5.11 Å². The molecule has 1 saturated heterocycles. The van der Waals surface area contributed by atoms with Crippen LogP contribution in [0.2, 0.25) is 0 Å². The van der Waals surface area contributed by atoms with E-state index in [2.05, 4.69) is 4.90 Å². The Morgan fingerprint density at radius 3 is 2.44 bits per heavy atom. The highest BCUT2D eigenvalue weighted by Gasteiger charge is 2.30. The molecule has 0 aromatic heterocycles. The topological polar surface area (TPSA) is 32.7 Å². The molecule has 3 heteroatoms. The average Bonchev–Trinajstić information content (AvgIpc) is 2.24. The summed E-state index contributed by atoms with van der Waals surface area (Å²) in [5.41, 5.74) is -0.503. The quantitative estimate of drug-likeness (QED) is 0.706. The van der Waals surface area contributed by atoms with E-state index in [4.69, 9.17) is 4.74 Å². The lowest BCUT2D eigenvalue weighted by atomic mass is 9.83. The summed E-state index contributed by atoms with van der Waals surface area (Å²) in [7, 11) is 0. The number of hydrogen-bond acceptors (Lipinski definition) is 3. The number of nitrogens with zero attached hydrogens (tertiary/aromatic N) is 1. The summed E-state index contributed by atoms with van der Waals surface area (Å²) >= 11 is 0. The van der Waals surface area contributed by atoms with Crippen molar-refractivity contribution in [1.29, 1.82) is 0 Å². The summed E-state index contributed by atoms with van der Waals surface area (Å²) in [6.07, 6.45) is 3.37. The van der Waals surface area contributed by atoms with Crippen molar-refractivity contribution in [3.05, 3.63) is 0 Å². The summed E-state index contributed by atoms with van der Waals surface area (Å²) in [6, 6.07) is 0. The van der Waals surface area contributed by atoms with Gasteiger partial charge in [-0.15, -0.1) is 0 Å². The summed E-state index contributed by atoms with van der Waals surface area (Å²) in [5.74, 6) is 0.468. The van der Waals surface area contributed by atoms with Crippen LogP contribution in [0.3, 0.4) is 0 Å². The molecule has 3 nitrogen and oxygen atoms in total. The Balaban J connectivity index is 2.12. The second kappa shape index (κ2) is 6.58. The molecule has 0 aromatic rings. The Morgan fingerprint density at radius 2 is 1.94 bits per heavy atom. The van der Waals surface area contributed by atoms with Crippen LogP contribution in [0.5, 0.6) is 0 Å². The average molecular weight is 229 g/mol. The van der Waals surface area contributed by atoms with E-state index < -0.39 is 5.60 Å². The van der Waals surface area contributed by atoms with Crippen LogP contribution < -0.4 is 0 Å². The standard InChI is InChI=1S/C13H27NO2/c1-4-16-11-5-8-14-9-6-12(7-10-14)13(2,3)15/h12,15H,4-11H2,1-3H3. The molecule has 0 amide bonds. The fraction of sp³-hybridized carbons (Fsp3) is 1.00. The molecule has 0 atom stereocenters. The number of rotatable bonds is 6. The highest BCUT2D eigenvalue weighted by atomic mass is 16.5. The third-order valence-corrected chi connectivity index (χ3v) is 3.55. The molecule has 1 aliphatic rings. The van der Waals surface area contributed by atoms with Crippen molar-refractivity contribution in [3.63, 3.8) is 0 Å². The lowest BCUT2D eigenvalue weighted by Crippen LogP contribution is -2.42. The zero-order valence-corrected chi connectivity index (χ0v) is 11.0. The largest absolute Gasteiger partial charge is 0.390 e. The Morgan fingerprint density at radius 1 is 1.31 bits per heavy atom. The van der Waals surface area contributed by atoms with Crippen LogP contribution in [-0.2, 0) is 4.74 Å². The van der Waals surface area contributed by atoms with Gasteiger partial charge < -0.3 is 14.7 Å². The van der Waals surface area contributed by atoms with Crippen molar-refractivity contribution in [3.8, 4) is 0 Å². The molecule has 0 bridgehead atoms. The van der Waals surface area contributed by atoms with Crippen LogP contribution in [-0.4, -0.2) is 48.5 Å². The first-order chi connectivity index (χ1) is 7.54. The van der Waals surface area contributed by atoms with Gasteiger partial charge in [0.15, 0.2) is 0 Å². The van der Waals surface area contributed by atoms with Crippen molar-refractivity contribution in [2.45, 2.75) is 45.6 Å². The fourth-order valence-electron chi connectivity index (χ4n) is 2.40. The van der Waals surface area contributed by atoms with Gasteiger partial charge in [0.25, 0.3) is 0 Å². The third-order valence-electron chi connectivity index (χ3n) is 3.55.